The van der Waals surface area contributed by atoms with Crippen molar-refractivity contribution in [3.8, 4) is 0 Å². The molecule has 1 aromatic carbocycles. The minimum absolute atomic E-state index is 0.00895. The lowest BCUT2D eigenvalue weighted by atomic mass is 10.1. The fourth-order valence-corrected chi connectivity index (χ4v) is 2.52. The molecule has 1 rings (SSSR count). The van der Waals surface area contributed by atoms with Crippen LogP contribution in [0.1, 0.15) is 24.5 Å². The van der Waals surface area contributed by atoms with Crippen molar-refractivity contribution in [1.29, 1.82) is 0 Å². The maximum Gasteiger partial charge on any atom is 0.416 e. The average molecular weight is 280 g/mol. The number of benzene rings is 1. The Kier molecular flexibility index (Phi) is 5.49. The molecule has 0 spiro atoms. The van der Waals surface area contributed by atoms with Gasteiger partial charge < -0.3 is 10.2 Å². The van der Waals surface area contributed by atoms with Crippen LogP contribution in [0.15, 0.2) is 23.1 Å². The minimum atomic E-state index is -4.46. The van der Waals surface area contributed by atoms with Gasteiger partial charge in [-0.05, 0) is 24.1 Å². The van der Waals surface area contributed by atoms with Crippen molar-refractivity contribution in [2.75, 3.05) is 6.61 Å². The zero-order valence-electron chi connectivity index (χ0n) is 9.87. The van der Waals surface area contributed by atoms with Gasteiger partial charge in [0.05, 0.1) is 12.2 Å². The van der Waals surface area contributed by atoms with Crippen LogP contribution in [-0.4, -0.2) is 22.1 Å². The number of aliphatic hydroxyl groups is 2. The third-order valence-electron chi connectivity index (χ3n) is 2.43. The second kappa shape index (κ2) is 6.45. The molecular formula is C12H15F3O2S. The molecule has 1 aromatic rings. The van der Waals surface area contributed by atoms with E-state index in [9.17, 15) is 13.2 Å². The molecule has 0 fully saturated rings. The van der Waals surface area contributed by atoms with Crippen LogP contribution in [0.4, 0.5) is 13.2 Å². The van der Waals surface area contributed by atoms with Crippen LogP contribution in [0.5, 0.6) is 0 Å². The zero-order chi connectivity index (χ0) is 13.8. The van der Waals surface area contributed by atoms with E-state index in [0.717, 1.165) is 6.07 Å². The molecule has 2 nitrogen and oxygen atoms in total. The van der Waals surface area contributed by atoms with Gasteiger partial charge >= 0.3 is 6.18 Å². The smallest absolute Gasteiger partial charge is 0.396 e. The highest BCUT2D eigenvalue weighted by atomic mass is 32.2. The molecule has 1 unspecified atom stereocenters. The summed E-state index contributed by atoms with van der Waals surface area (Å²) in [6.07, 6.45) is -3.94. The van der Waals surface area contributed by atoms with Gasteiger partial charge in [0.2, 0.25) is 0 Å². The van der Waals surface area contributed by atoms with Crippen molar-refractivity contribution in [3.05, 3.63) is 29.3 Å². The van der Waals surface area contributed by atoms with Crippen LogP contribution in [0.2, 0.25) is 0 Å². The second-order valence-corrected chi connectivity index (χ2v) is 5.43. The molecule has 0 radical (unpaired) electrons. The molecule has 0 heterocycles. The zero-order valence-corrected chi connectivity index (χ0v) is 10.7. The summed E-state index contributed by atoms with van der Waals surface area (Å²) in [4.78, 5) is 0.487. The molecule has 0 saturated carbocycles. The summed E-state index contributed by atoms with van der Waals surface area (Å²) in [6.45, 7) is 1.22. The average Bonchev–Trinajstić information content (AvgIpc) is 2.28. The van der Waals surface area contributed by atoms with E-state index in [1.54, 1.807) is 6.07 Å². The first-order chi connectivity index (χ1) is 8.38. The Hall–Kier alpha value is -0.720. The molecule has 18 heavy (non-hydrogen) atoms. The van der Waals surface area contributed by atoms with Crippen LogP contribution in [0, 0.1) is 0 Å². The highest BCUT2D eigenvalue weighted by Gasteiger charge is 2.33. The predicted molar refractivity (Wildman–Crippen MR) is 64.4 cm³/mol. The third kappa shape index (κ3) is 4.19. The summed E-state index contributed by atoms with van der Waals surface area (Å²) in [7, 11) is 0. The normalized spacial score (nSPS) is 13.7. The van der Waals surface area contributed by atoms with Gasteiger partial charge in [-0.3, -0.25) is 0 Å². The maximum absolute atomic E-state index is 12.7. The summed E-state index contributed by atoms with van der Waals surface area (Å²) < 4.78 is 38.2. The van der Waals surface area contributed by atoms with Gasteiger partial charge in [-0.2, -0.15) is 13.2 Å². The number of halogens is 3. The van der Waals surface area contributed by atoms with E-state index >= 15 is 0 Å². The first kappa shape index (κ1) is 15.3. The Labute approximate surface area is 108 Å². The molecule has 0 saturated heterocycles. The maximum atomic E-state index is 12.7. The number of rotatable bonds is 5. The van der Waals surface area contributed by atoms with Gasteiger partial charge in [0.1, 0.15) is 0 Å². The predicted octanol–water partition coefficient (Wildman–Crippen LogP) is 3.06. The molecule has 0 aliphatic rings. The van der Waals surface area contributed by atoms with Crippen molar-refractivity contribution in [1.82, 2.24) is 0 Å². The SMILES string of the molecule is CC(CCO)Sc1ccc(CO)c(C(F)(F)F)c1. The van der Waals surface area contributed by atoms with E-state index in [0.29, 0.717) is 11.3 Å². The number of hydrogen-bond acceptors (Lipinski definition) is 3. The number of alkyl halides is 3. The van der Waals surface area contributed by atoms with Gasteiger partial charge in [0, 0.05) is 16.8 Å². The van der Waals surface area contributed by atoms with Crippen LogP contribution < -0.4 is 0 Å². The molecule has 102 valence electrons. The fourth-order valence-electron chi connectivity index (χ4n) is 1.50. The third-order valence-corrected chi connectivity index (χ3v) is 3.59. The van der Waals surface area contributed by atoms with Gasteiger partial charge in [-0.25, -0.2) is 0 Å². The van der Waals surface area contributed by atoms with E-state index < -0.39 is 18.3 Å². The van der Waals surface area contributed by atoms with Crippen LogP contribution >= 0.6 is 11.8 Å². The van der Waals surface area contributed by atoms with Crippen LogP contribution in [0.3, 0.4) is 0 Å². The van der Waals surface area contributed by atoms with E-state index in [1.807, 2.05) is 6.92 Å². The van der Waals surface area contributed by atoms with Gasteiger partial charge in [-0.1, -0.05) is 13.0 Å². The first-order valence-electron chi connectivity index (χ1n) is 5.47. The number of aliphatic hydroxyl groups excluding tert-OH is 2. The van der Waals surface area contributed by atoms with Crippen molar-refractivity contribution in [2.24, 2.45) is 0 Å². The molecule has 0 aliphatic carbocycles. The molecule has 1 atom stereocenters. The standard InChI is InChI=1S/C12H15F3O2S/c1-8(4-5-16)18-10-3-2-9(7-17)11(6-10)12(13,14)15/h2-3,6,8,16-17H,4-5,7H2,1H3. The lowest BCUT2D eigenvalue weighted by Gasteiger charge is -2.15. The van der Waals surface area contributed by atoms with Gasteiger partial charge in [0.15, 0.2) is 0 Å². The molecule has 0 aliphatic heterocycles. The van der Waals surface area contributed by atoms with Crippen molar-refractivity contribution in [3.63, 3.8) is 0 Å². The monoisotopic (exact) mass is 280 g/mol. The van der Waals surface area contributed by atoms with Crippen molar-refractivity contribution < 1.29 is 23.4 Å². The Morgan fingerprint density at radius 3 is 2.44 bits per heavy atom. The molecule has 0 bridgehead atoms. The lowest BCUT2D eigenvalue weighted by Crippen LogP contribution is -2.09. The van der Waals surface area contributed by atoms with E-state index in [2.05, 4.69) is 0 Å². The molecular weight excluding hydrogens is 265 g/mol. The summed E-state index contributed by atoms with van der Waals surface area (Å²) in [5.74, 6) is 0. The quantitative estimate of drug-likeness (QED) is 0.814. The van der Waals surface area contributed by atoms with Gasteiger partial charge in [-0.15, -0.1) is 11.8 Å². The molecule has 0 aromatic heterocycles. The molecule has 2 N–H and O–H groups in total. The van der Waals surface area contributed by atoms with Crippen LogP contribution in [0.25, 0.3) is 0 Å². The molecule has 6 heteroatoms. The summed E-state index contributed by atoms with van der Waals surface area (Å²) in [6, 6.07) is 3.89. The number of thioether (sulfide) groups is 1. The molecule has 0 amide bonds. The van der Waals surface area contributed by atoms with Crippen molar-refractivity contribution in [2.45, 2.75) is 36.3 Å². The first-order valence-corrected chi connectivity index (χ1v) is 6.35. The lowest BCUT2D eigenvalue weighted by molar-refractivity contribution is -0.138. The summed E-state index contributed by atoms with van der Waals surface area (Å²) in [5.41, 5.74) is -0.923. The van der Waals surface area contributed by atoms with E-state index in [-0.39, 0.29) is 17.4 Å². The van der Waals surface area contributed by atoms with Crippen LogP contribution in [-0.2, 0) is 12.8 Å². The van der Waals surface area contributed by atoms with Crippen molar-refractivity contribution >= 4 is 11.8 Å². The highest BCUT2D eigenvalue weighted by Crippen LogP contribution is 2.36. The Morgan fingerprint density at radius 1 is 1.28 bits per heavy atom. The fraction of sp³-hybridized carbons (Fsp3) is 0.500. The second-order valence-electron chi connectivity index (χ2n) is 3.92. The minimum Gasteiger partial charge on any atom is -0.396 e. The summed E-state index contributed by atoms with van der Waals surface area (Å²) >= 11 is 1.28. The van der Waals surface area contributed by atoms with E-state index in [4.69, 9.17) is 10.2 Å². The topological polar surface area (TPSA) is 40.5 Å². The largest absolute Gasteiger partial charge is 0.416 e. The number of hydrogen-bond donors (Lipinski definition) is 2. The summed E-state index contributed by atoms with van der Waals surface area (Å²) in [5, 5.41) is 17.7. The highest BCUT2D eigenvalue weighted by molar-refractivity contribution is 7.99. The van der Waals surface area contributed by atoms with E-state index in [1.165, 1.54) is 17.8 Å². The Balaban J connectivity index is 2.96. The van der Waals surface area contributed by atoms with Gasteiger partial charge in [0.25, 0.3) is 0 Å². The Morgan fingerprint density at radius 2 is 1.94 bits per heavy atom. The Bertz CT molecular complexity index is 393.